The van der Waals surface area contributed by atoms with Crippen LogP contribution in [-0.2, 0) is 6.54 Å². The Bertz CT molecular complexity index is 480. The van der Waals surface area contributed by atoms with Gasteiger partial charge in [-0.15, -0.1) is 0 Å². The van der Waals surface area contributed by atoms with Crippen molar-refractivity contribution in [3.05, 3.63) is 60.2 Å². The Labute approximate surface area is 101 Å². The lowest BCUT2D eigenvalue weighted by molar-refractivity contribution is 0.100. The number of hydrogen-bond acceptors (Lipinski definition) is 1. The molecule has 0 aromatic carbocycles. The van der Waals surface area contributed by atoms with Gasteiger partial charge in [-0.05, 0) is 30.7 Å². The molecule has 0 N–H and O–H groups in total. The molecule has 1 heterocycles. The van der Waals surface area contributed by atoms with Crippen molar-refractivity contribution in [2.24, 2.45) is 0 Å². The van der Waals surface area contributed by atoms with Gasteiger partial charge in [0.15, 0.2) is 5.78 Å². The molecule has 0 spiro atoms. The van der Waals surface area contributed by atoms with Crippen molar-refractivity contribution >= 4 is 5.78 Å². The van der Waals surface area contributed by atoms with E-state index in [2.05, 4.69) is 6.58 Å². The molecule has 17 heavy (non-hydrogen) atoms. The standard InChI is InChI=1S/C14H16FNO/c1-4-13(15)8-7-11(2)10-16-9-5-6-14(16)12(3)17/h4-9H,2,10H2,1,3H3/b8-7-,13-4+. The molecule has 0 unspecified atom stereocenters. The van der Waals surface area contributed by atoms with E-state index in [9.17, 15) is 9.18 Å². The third-order valence-electron chi connectivity index (χ3n) is 2.32. The number of allylic oxidation sites excluding steroid dienone is 5. The van der Waals surface area contributed by atoms with Gasteiger partial charge in [0.1, 0.15) is 5.83 Å². The average molecular weight is 233 g/mol. The Morgan fingerprint density at radius 1 is 1.53 bits per heavy atom. The number of halogens is 1. The minimum Gasteiger partial charge on any atom is -0.341 e. The third-order valence-corrected chi connectivity index (χ3v) is 2.32. The van der Waals surface area contributed by atoms with Crippen molar-refractivity contribution in [1.82, 2.24) is 4.57 Å². The highest BCUT2D eigenvalue weighted by molar-refractivity contribution is 5.92. The van der Waals surface area contributed by atoms with Gasteiger partial charge in [0.05, 0.1) is 5.69 Å². The Kier molecular flexibility index (Phi) is 4.64. The third kappa shape index (κ3) is 3.87. The van der Waals surface area contributed by atoms with Gasteiger partial charge in [-0.1, -0.05) is 18.7 Å². The molecule has 1 rings (SSSR count). The molecule has 0 radical (unpaired) electrons. The first-order chi connectivity index (χ1) is 8.04. The second-order valence-corrected chi connectivity index (χ2v) is 3.74. The highest BCUT2D eigenvalue weighted by atomic mass is 19.1. The molecular formula is C14H16FNO. The topological polar surface area (TPSA) is 22.0 Å². The van der Waals surface area contributed by atoms with E-state index in [0.29, 0.717) is 12.2 Å². The van der Waals surface area contributed by atoms with Crippen molar-refractivity contribution in [1.29, 1.82) is 0 Å². The molecule has 0 fully saturated rings. The number of aromatic nitrogens is 1. The van der Waals surface area contributed by atoms with Gasteiger partial charge >= 0.3 is 0 Å². The van der Waals surface area contributed by atoms with Crippen molar-refractivity contribution in [3.63, 3.8) is 0 Å². The molecule has 90 valence electrons. The van der Waals surface area contributed by atoms with Gasteiger partial charge < -0.3 is 4.57 Å². The van der Waals surface area contributed by atoms with Crippen LogP contribution in [0.5, 0.6) is 0 Å². The first-order valence-electron chi connectivity index (χ1n) is 5.38. The maximum absolute atomic E-state index is 12.9. The number of ketones is 1. The van der Waals surface area contributed by atoms with Crippen LogP contribution in [0.1, 0.15) is 24.3 Å². The van der Waals surface area contributed by atoms with Crippen molar-refractivity contribution in [3.8, 4) is 0 Å². The number of carbonyl (C=O) groups is 1. The summed E-state index contributed by atoms with van der Waals surface area (Å²) < 4.78 is 14.6. The summed E-state index contributed by atoms with van der Waals surface area (Å²) >= 11 is 0. The normalized spacial score (nSPS) is 12.1. The molecule has 0 saturated carbocycles. The summed E-state index contributed by atoms with van der Waals surface area (Å²) in [5.74, 6) is -0.295. The molecule has 0 bridgehead atoms. The second-order valence-electron chi connectivity index (χ2n) is 3.74. The summed E-state index contributed by atoms with van der Waals surface area (Å²) in [6.45, 7) is 7.45. The molecule has 0 aliphatic heterocycles. The Morgan fingerprint density at radius 3 is 2.82 bits per heavy atom. The molecule has 2 nitrogen and oxygen atoms in total. The van der Waals surface area contributed by atoms with E-state index in [0.717, 1.165) is 5.57 Å². The summed E-state index contributed by atoms with van der Waals surface area (Å²) in [7, 11) is 0. The van der Waals surface area contributed by atoms with Crippen molar-refractivity contribution < 1.29 is 9.18 Å². The first kappa shape index (κ1) is 13.2. The molecule has 0 aliphatic carbocycles. The van der Waals surface area contributed by atoms with Gasteiger partial charge in [-0.25, -0.2) is 4.39 Å². The quantitative estimate of drug-likeness (QED) is 0.561. The van der Waals surface area contributed by atoms with E-state index in [1.807, 2.05) is 6.20 Å². The minimum absolute atomic E-state index is 0.00594. The van der Waals surface area contributed by atoms with E-state index in [4.69, 9.17) is 0 Å². The largest absolute Gasteiger partial charge is 0.341 e. The molecule has 0 atom stereocenters. The SMILES string of the molecule is C=C(/C=C\C(F)=C/C)Cn1cccc1C(C)=O. The van der Waals surface area contributed by atoms with Crippen LogP contribution in [0.4, 0.5) is 4.39 Å². The van der Waals surface area contributed by atoms with E-state index < -0.39 is 0 Å². The summed E-state index contributed by atoms with van der Waals surface area (Å²) in [6, 6.07) is 3.56. The Balaban J connectivity index is 2.72. The number of carbonyl (C=O) groups excluding carboxylic acids is 1. The average Bonchev–Trinajstić information content (AvgIpc) is 2.74. The highest BCUT2D eigenvalue weighted by Crippen LogP contribution is 2.08. The summed E-state index contributed by atoms with van der Waals surface area (Å²) in [6.07, 6.45) is 6.15. The zero-order chi connectivity index (χ0) is 12.8. The van der Waals surface area contributed by atoms with Crippen LogP contribution >= 0.6 is 0 Å². The molecule has 0 aliphatic rings. The smallest absolute Gasteiger partial charge is 0.176 e. The van der Waals surface area contributed by atoms with Crippen LogP contribution in [0.3, 0.4) is 0 Å². The summed E-state index contributed by atoms with van der Waals surface area (Å²) in [4.78, 5) is 11.3. The predicted molar refractivity (Wildman–Crippen MR) is 67.6 cm³/mol. The predicted octanol–water partition coefficient (Wildman–Crippen LogP) is 3.68. The summed E-state index contributed by atoms with van der Waals surface area (Å²) in [5, 5.41) is 0. The van der Waals surface area contributed by atoms with Gasteiger partial charge in [-0.3, -0.25) is 4.79 Å². The van der Waals surface area contributed by atoms with E-state index in [-0.39, 0.29) is 11.6 Å². The molecule has 0 saturated heterocycles. The lowest BCUT2D eigenvalue weighted by atomic mass is 10.2. The fourth-order valence-electron chi connectivity index (χ4n) is 1.44. The summed E-state index contributed by atoms with van der Waals surface area (Å²) in [5.41, 5.74) is 1.37. The van der Waals surface area contributed by atoms with Crippen LogP contribution in [0.2, 0.25) is 0 Å². The Hall–Kier alpha value is -1.90. The molecule has 1 aromatic rings. The number of nitrogens with zero attached hydrogens (tertiary/aromatic N) is 1. The Morgan fingerprint density at radius 2 is 2.24 bits per heavy atom. The molecule has 3 heteroatoms. The van der Waals surface area contributed by atoms with E-state index >= 15 is 0 Å². The van der Waals surface area contributed by atoms with Gasteiger partial charge in [-0.2, -0.15) is 0 Å². The first-order valence-corrected chi connectivity index (χ1v) is 5.38. The molecular weight excluding hydrogens is 217 g/mol. The van der Waals surface area contributed by atoms with Gasteiger partial charge in [0.2, 0.25) is 0 Å². The maximum Gasteiger partial charge on any atom is 0.176 e. The monoisotopic (exact) mass is 233 g/mol. The van der Waals surface area contributed by atoms with Crippen LogP contribution in [0.25, 0.3) is 0 Å². The van der Waals surface area contributed by atoms with Gasteiger partial charge in [0, 0.05) is 19.7 Å². The van der Waals surface area contributed by atoms with Crippen molar-refractivity contribution in [2.75, 3.05) is 0 Å². The minimum atomic E-state index is -0.301. The maximum atomic E-state index is 12.9. The number of rotatable bonds is 5. The number of hydrogen-bond donors (Lipinski definition) is 0. The van der Waals surface area contributed by atoms with Crippen LogP contribution in [-0.4, -0.2) is 10.4 Å². The second kappa shape index (κ2) is 5.99. The zero-order valence-electron chi connectivity index (χ0n) is 10.1. The highest BCUT2D eigenvalue weighted by Gasteiger charge is 2.05. The fraction of sp³-hybridized carbons (Fsp3) is 0.214. The van der Waals surface area contributed by atoms with E-state index in [1.54, 1.807) is 29.7 Å². The van der Waals surface area contributed by atoms with Gasteiger partial charge in [0.25, 0.3) is 0 Å². The zero-order valence-corrected chi connectivity index (χ0v) is 10.1. The van der Waals surface area contributed by atoms with Crippen LogP contribution in [0.15, 0.2) is 54.5 Å². The lowest BCUT2D eigenvalue weighted by Crippen LogP contribution is -2.06. The van der Waals surface area contributed by atoms with Crippen molar-refractivity contribution in [2.45, 2.75) is 20.4 Å². The molecule has 0 amide bonds. The van der Waals surface area contributed by atoms with Crippen LogP contribution < -0.4 is 0 Å². The molecule has 1 aromatic heterocycles. The number of Topliss-reactive ketones (excluding diaryl/α,β-unsaturated/α-hetero) is 1. The van der Waals surface area contributed by atoms with E-state index in [1.165, 1.54) is 19.1 Å². The fourth-order valence-corrected chi connectivity index (χ4v) is 1.44. The van der Waals surface area contributed by atoms with Crippen LogP contribution in [0, 0.1) is 0 Å². The lowest BCUT2D eigenvalue weighted by Gasteiger charge is -2.06.